The van der Waals surface area contributed by atoms with Crippen molar-refractivity contribution >= 4 is 24.5 Å². The zero-order chi connectivity index (χ0) is 14.8. The highest BCUT2D eigenvalue weighted by Crippen LogP contribution is 2.32. The van der Waals surface area contributed by atoms with Crippen molar-refractivity contribution in [2.24, 2.45) is 4.99 Å². The number of aromatic hydroxyl groups is 1. The third-order valence-electron chi connectivity index (χ3n) is 3.96. The van der Waals surface area contributed by atoms with Crippen LogP contribution in [0.2, 0.25) is 0 Å². The summed E-state index contributed by atoms with van der Waals surface area (Å²) in [6.45, 7) is 0. The summed E-state index contributed by atoms with van der Waals surface area (Å²) in [5.41, 5.74) is 0.476. The van der Waals surface area contributed by atoms with E-state index in [9.17, 15) is 9.90 Å². The molecule has 3 rings (SSSR count). The second kappa shape index (κ2) is 5.81. The number of aromatic nitrogens is 2. The maximum absolute atomic E-state index is 12.1. The Kier molecular flexibility index (Phi) is 3.88. The molecule has 0 radical (unpaired) electrons. The average molecular weight is 303 g/mol. The van der Waals surface area contributed by atoms with Crippen molar-refractivity contribution < 1.29 is 5.11 Å². The fourth-order valence-electron chi connectivity index (χ4n) is 2.91. The van der Waals surface area contributed by atoms with Crippen molar-refractivity contribution in [3.63, 3.8) is 0 Å². The molecule has 0 spiro atoms. The molecule has 2 heterocycles. The first-order valence-electron chi connectivity index (χ1n) is 7.17. The van der Waals surface area contributed by atoms with Gasteiger partial charge in [-0.2, -0.15) is 0 Å². The number of aromatic amines is 1. The normalized spacial score (nSPS) is 20.5. The largest absolute Gasteiger partial charge is 0.494 e. The highest BCUT2D eigenvalue weighted by molar-refractivity contribution is 7.71. The lowest BCUT2D eigenvalue weighted by Crippen LogP contribution is -2.21. The van der Waals surface area contributed by atoms with Gasteiger partial charge >= 0.3 is 0 Å². The first-order chi connectivity index (χ1) is 10.2. The lowest BCUT2D eigenvalue weighted by atomic mass is 9.95. The summed E-state index contributed by atoms with van der Waals surface area (Å²) < 4.78 is 1.97. The molecule has 1 aromatic heterocycles. The van der Waals surface area contributed by atoms with E-state index in [4.69, 9.17) is 12.2 Å². The minimum Gasteiger partial charge on any atom is -0.494 e. The fourth-order valence-corrected chi connectivity index (χ4v) is 3.24. The molecule has 110 valence electrons. The number of nitrogens with zero attached hydrogens (tertiary/aromatic N) is 2. The molecule has 0 bridgehead atoms. The number of aliphatic imine (C=N–C) groups is 1. The maximum atomic E-state index is 12.1. The lowest BCUT2D eigenvalue weighted by Gasteiger charge is -2.25. The van der Waals surface area contributed by atoms with Gasteiger partial charge < -0.3 is 5.11 Å². The molecule has 1 saturated carbocycles. The van der Waals surface area contributed by atoms with Crippen LogP contribution in [0.4, 0.5) is 0 Å². The monoisotopic (exact) mass is 303 g/mol. The highest BCUT2D eigenvalue weighted by atomic mass is 32.1. The number of rotatable bonds is 2. The van der Waals surface area contributed by atoms with E-state index in [-0.39, 0.29) is 27.8 Å². The van der Waals surface area contributed by atoms with Crippen LogP contribution in [0.5, 0.6) is 5.88 Å². The molecule has 1 aliphatic carbocycles. The van der Waals surface area contributed by atoms with E-state index in [0.29, 0.717) is 5.70 Å². The van der Waals surface area contributed by atoms with Gasteiger partial charge in [-0.25, -0.2) is 0 Å². The molecule has 0 amide bonds. The van der Waals surface area contributed by atoms with Crippen molar-refractivity contribution in [3.8, 4) is 5.88 Å². The van der Waals surface area contributed by atoms with Crippen LogP contribution in [-0.4, -0.2) is 20.9 Å². The van der Waals surface area contributed by atoms with Crippen LogP contribution in [0.3, 0.4) is 0 Å². The van der Waals surface area contributed by atoms with Gasteiger partial charge in [0.1, 0.15) is 5.56 Å². The van der Waals surface area contributed by atoms with E-state index < -0.39 is 0 Å². The predicted molar refractivity (Wildman–Crippen MR) is 85.3 cm³/mol. The van der Waals surface area contributed by atoms with E-state index in [1.54, 1.807) is 29.0 Å². The van der Waals surface area contributed by atoms with Crippen molar-refractivity contribution in [2.75, 3.05) is 0 Å². The fraction of sp³-hybridized carbons (Fsp3) is 0.400. The van der Waals surface area contributed by atoms with Crippen molar-refractivity contribution in [2.45, 2.75) is 38.1 Å². The molecule has 5 nitrogen and oxygen atoms in total. The van der Waals surface area contributed by atoms with Gasteiger partial charge in [0, 0.05) is 12.3 Å². The minimum atomic E-state index is -0.382. The third kappa shape index (κ3) is 2.76. The van der Waals surface area contributed by atoms with E-state index in [1.165, 1.54) is 6.42 Å². The number of nitrogens with one attached hydrogen (secondary N) is 1. The van der Waals surface area contributed by atoms with E-state index in [2.05, 4.69) is 9.98 Å². The summed E-state index contributed by atoms with van der Waals surface area (Å²) in [7, 11) is 0. The Morgan fingerprint density at radius 2 is 2.14 bits per heavy atom. The summed E-state index contributed by atoms with van der Waals surface area (Å²) in [4.78, 5) is 18.8. The summed E-state index contributed by atoms with van der Waals surface area (Å²) in [5.74, 6) is -0.0568. The van der Waals surface area contributed by atoms with Crippen LogP contribution >= 0.6 is 12.2 Å². The Bertz CT molecular complexity index is 735. The van der Waals surface area contributed by atoms with Gasteiger partial charge in [-0.05, 0) is 43.3 Å². The second-order valence-electron chi connectivity index (χ2n) is 5.36. The molecule has 0 unspecified atom stereocenters. The molecule has 1 aliphatic heterocycles. The third-order valence-corrected chi connectivity index (χ3v) is 4.26. The van der Waals surface area contributed by atoms with Crippen LogP contribution in [0.25, 0.3) is 6.08 Å². The van der Waals surface area contributed by atoms with Crippen LogP contribution in [-0.2, 0) is 0 Å². The molecule has 1 aromatic rings. The van der Waals surface area contributed by atoms with Crippen LogP contribution in [0.1, 0.15) is 43.7 Å². The van der Waals surface area contributed by atoms with Gasteiger partial charge in [0.25, 0.3) is 5.56 Å². The molecular weight excluding hydrogens is 286 g/mol. The van der Waals surface area contributed by atoms with Crippen LogP contribution in [0, 0.1) is 4.77 Å². The van der Waals surface area contributed by atoms with Gasteiger partial charge in [-0.1, -0.05) is 19.3 Å². The first-order valence-corrected chi connectivity index (χ1v) is 7.58. The maximum Gasteiger partial charge on any atom is 0.262 e. The number of allylic oxidation sites excluding steroid dienone is 2. The minimum absolute atomic E-state index is 0.0568. The van der Waals surface area contributed by atoms with Gasteiger partial charge in [-0.15, -0.1) is 0 Å². The molecule has 0 aromatic carbocycles. The van der Waals surface area contributed by atoms with E-state index >= 15 is 0 Å². The molecule has 6 heteroatoms. The number of H-pyrrole nitrogens is 1. The molecular formula is C15H17N3O2S. The van der Waals surface area contributed by atoms with Gasteiger partial charge in [-0.3, -0.25) is 19.3 Å². The molecule has 0 atom stereocenters. The second-order valence-corrected chi connectivity index (χ2v) is 5.75. The molecule has 21 heavy (non-hydrogen) atoms. The summed E-state index contributed by atoms with van der Waals surface area (Å²) in [5, 5.41) is 10.5. The SMILES string of the molecule is O=c1[nH]c(=S)n(C2CCCCC2)c(O)c1/C=C1\C=CC=N1. The van der Waals surface area contributed by atoms with Gasteiger partial charge in [0.05, 0.1) is 5.70 Å². The van der Waals surface area contributed by atoms with Crippen LogP contribution < -0.4 is 5.56 Å². The first kappa shape index (κ1) is 14.0. The highest BCUT2D eigenvalue weighted by Gasteiger charge is 2.21. The Balaban J connectivity index is 2.11. The van der Waals surface area contributed by atoms with E-state index in [0.717, 1.165) is 25.7 Å². The zero-order valence-electron chi connectivity index (χ0n) is 11.6. The lowest BCUT2D eigenvalue weighted by molar-refractivity contribution is 0.302. The number of hydrogen-bond acceptors (Lipinski definition) is 4. The van der Waals surface area contributed by atoms with Crippen molar-refractivity contribution in [3.05, 3.63) is 38.5 Å². The number of hydrogen-bond donors (Lipinski definition) is 2. The topological polar surface area (TPSA) is 70.4 Å². The Hall–Kier alpha value is -1.95. The summed E-state index contributed by atoms with van der Waals surface area (Å²) in [6.07, 6.45) is 12.2. The Morgan fingerprint density at radius 1 is 1.38 bits per heavy atom. The predicted octanol–water partition coefficient (Wildman–Crippen LogP) is 3.10. The smallest absolute Gasteiger partial charge is 0.262 e. The van der Waals surface area contributed by atoms with Crippen LogP contribution in [0.15, 0.2) is 27.6 Å². The van der Waals surface area contributed by atoms with Gasteiger partial charge in [0.15, 0.2) is 4.77 Å². The molecule has 2 N–H and O–H groups in total. The molecule has 0 saturated heterocycles. The molecule has 1 fully saturated rings. The van der Waals surface area contributed by atoms with Crippen molar-refractivity contribution in [1.29, 1.82) is 0 Å². The van der Waals surface area contributed by atoms with E-state index in [1.807, 2.05) is 0 Å². The summed E-state index contributed by atoms with van der Waals surface area (Å²) >= 11 is 5.23. The van der Waals surface area contributed by atoms with Crippen molar-refractivity contribution in [1.82, 2.24) is 9.55 Å². The molecule has 2 aliphatic rings. The average Bonchev–Trinajstić information content (AvgIpc) is 2.97. The Labute approximate surface area is 127 Å². The van der Waals surface area contributed by atoms with Gasteiger partial charge in [0.2, 0.25) is 5.88 Å². The summed E-state index contributed by atoms with van der Waals surface area (Å²) in [6, 6.07) is 0.155. The zero-order valence-corrected chi connectivity index (χ0v) is 12.4. The standard InChI is InChI=1S/C15H17N3O2S/c19-13-12(9-10-5-4-8-16-10)14(20)18(15(21)17-13)11-6-2-1-3-7-11/h4-5,8-9,11,20H,1-3,6-7H2,(H,17,19,21)/b10-9+. The quantitative estimate of drug-likeness (QED) is 0.825. The Morgan fingerprint density at radius 3 is 2.81 bits per heavy atom.